The first-order valence-electron chi connectivity index (χ1n) is 5.67. The van der Waals surface area contributed by atoms with E-state index in [0.717, 1.165) is 12.5 Å². The van der Waals surface area contributed by atoms with Gasteiger partial charge in [0.05, 0.1) is 5.56 Å². The first-order chi connectivity index (χ1) is 7.89. The fraction of sp³-hybridized carbons (Fsp3) is 0.462. The quantitative estimate of drug-likeness (QED) is 0.814. The van der Waals surface area contributed by atoms with Crippen molar-refractivity contribution in [2.75, 3.05) is 13.1 Å². The Labute approximate surface area is 99.9 Å². The fourth-order valence-corrected chi connectivity index (χ4v) is 2.13. The SMILES string of the molecule is CC1(C)CCN(C(=O)c2ccc(O)cc2F)C1. The van der Waals surface area contributed by atoms with E-state index in [-0.39, 0.29) is 22.6 Å². The van der Waals surface area contributed by atoms with Gasteiger partial charge >= 0.3 is 0 Å². The minimum atomic E-state index is -0.667. The van der Waals surface area contributed by atoms with E-state index >= 15 is 0 Å². The zero-order valence-electron chi connectivity index (χ0n) is 10.0. The van der Waals surface area contributed by atoms with E-state index in [1.807, 2.05) is 0 Å². The second-order valence-electron chi connectivity index (χ2n) is 5.31. The van der Waals surface area contributed by atoms with Crippen LogP contribution in [0.5, 0.6) is 5.75 Å². The lowest BCUT2D eigenvalue weighted by atomic mass is 9.93. The van der Waals surface area contributed by atoms with Crippen LogP contribution in [0.15, 0.2) is 18.2 Å². The Balaban J connectivity index is 2.21. The summed E-state index contributed by atoms with van der Waals surface area (Å²) < 4.78 is 13.5. The van der Waals surface area contributed by atoms with Gasteiger partial charge in [0.15, 0.2) is 0 Å². The van der Waals surface area contributed by atoms with E-state index in [2.05, 4.69) is 13.8 Å². The Bertz CT molecular complexity index is 457. The standard InChI is InChI=1S/C13H16FNO2/c1-13(2)5-6-15(8-13)12(17)10-4-3-9(16)7-11(10)14/h3-4,7,16H,5-6,8H2,1-2H3. The van der Waals surface area contributed by atoms with Crippen molar-refractivity contribution in [1.82, 2.24) is 4.90 Å². The van der Waals surface area contributed by atoms with Crippen molar-refractivity contribution < 1.29 is 14.3 Å². The summed E-state index contributed by atoms with van der Waals surface area (Å²) in [4.78, 5) is 13.7. The average Bonchev–Trinajstić information content (AvgIpc) is 2.58. The van der Waals surface area contributed by atoms with E-state index in [1.165, 1.54) is 12.1 Å². The third-order valence-corrected chi connectivity index (χ3v) is 3.15. The molecule has 0 spiro atoms. The highest BCUT2D eigenvalue weighted by Gasteiger charge is 2.33. The number of carbonyl (C=O) groups excluding carboxylic acids is 1. The molecule has 0 aliphatic carbocycles. The highest BCUT2D eigenvalue weighted by atomic mass is 19.1. The number of halogens is 1. The molecule has 1 saturated heterocycles. The van der Waals surface area contributed by atoms with Crippen LogP contribution in [0.3, 0.4) is 0 Å². The molecule has 1 N–H and O–H groups in total. The minimum Gasteiger partial charge on any atom is -0.508 e. The largest absolute Gasteiger partial charge is 0.508 e. The number of rotatable bonds is 1. The van der Waals surface area contributed by atoms with Crippen molar-refractivity contribution >= 4 is 5.91 Å². The highest BCUT2D eigenvalue weighted by Crippen LogP contribution is 2.30. The van der Waals surface area contributed by atoms with E-state index in [4.69, 9.17) is 5.11 Å². The molecule has 0 saturated carbocycles. The number of hydrogen-bond donors (Lipinski definition) is 1. The van der Waals surface area contributed by atoms with Crippen molar-refractivity contribution in [2.45, 2.75) is 20.3 Å². The molecular formula is C13H16FNO2. The number of phenols is 1. The molecule has 1 amide bonds. The first kappa shape index (κ1) is 11.9. The number of likely N-dealkylation sites (tertiary alicyclic amines) is 1. The third-order valence-electron chi connectivity index (χ3n) is 3.15. The van der Waals surface area contributed by atoms with Gasteiger partial charge in [-0.05, 0) is 24.0 Å². The molecule has 0 unspecified atom stereocenters. The normalized spacial score (nSPS) is 18.4. The Kier molecular flexibility index (Phi) is 2.81. The van der Waals surface area contributed by atoms with Crippen LogP contribution >= 0.6 is 0 Å². The van der Waals surface area contributed by atoms with Crippen LogP contribution in [0.1, 0.15) is 30.6 Å². The second-order valence-corrected chi connectivity index (χ2v) is 5.31. The van der Waals surface area contributed by atoms with Gasteiger partial charge in [0.1, 0.15) is 11.6 Å². The molecule has 1 fully saturated rings. The van der Waals surface area contributed by atoms with Gasteiger partial charge in [0, 0.05) is 19.2 Å². The summed E-state index contributed by atoms with van der Waals surface area (Å²) in [5, 5.41) is 9.10. The van der Waals surface area contributed by atoms with Gasteiger partial charge in [-0.15, -0.1) is 0 Å². The zero-order chi connectivity index (χ0) is 12.6. The van der Waals surface area contributed by atoms with Crippen LogP contribution in [-0.2, 0) is 0 Å². The van der Waals surface area contributed by atoms with E-state index in [0.29, 0.717) is 13.1 Å². The van der Waals surface area contributed by atoms with Gasteiger partial charge < -0.3 is 10.0 Å². The maximum Gasteiger partial charge on any atom is 0.256 e. The van der Waals surface area contributed by atoms with Gasteiger partial charge in [0.25, 0.3) is 5.91 Å². The Morgan fingerprint density at radius 2 is 2.18 bits per heavy atom. The Morgan fingerprint density at radius 3 is 2.71 bits per heavy atom. The van der Waals surface area contributed by atoms with Crippen LogP contribution in [0, 0.1) is 11.2 Å². The van der Waals surface area contributed by atoms with Crippen molar-refractivity contribution in [2.24, 2.45) is 5.41 Å². The Hall–Kier alpha value is -1.58. The topological polar surface area (TPSA) is 40.5 Å². The van der Waals surface area contributed by atoms with Crippen LogP contribution in [-0.4, -0.2) is 29.0 Å². The molecule has 1 aromatic carbocycles. The lowest BCUT2D eigenvalue weighted by Crippen LogP contribution is -2.30. The van der Waals surface area contributed by atoms with Gasteiger partial charge in [-0.1, -0.05) is 13.8 Å². The highest BCUT2D eigenvalue weighted by molar-refractivity contribution is 5.94. The van der Waals surface area contributed by atoms with Gasteiger partial charge in [-0.3, -0.25) is 4.79 Å². The number of benzene rings is 1. The van der Waals surface area contributed by atoms with Gasteiger partial charge in [-0.25, -0.2) is 4.39 Å². The number of phenolic OH excluding ortho intramolecular Hbond substituents is 1. The first-order valence-corrected chi connectivity index (χ1v) is 5.67. The maximum absolute atomic E-state index is 13.5. The Morgan fingerprint density at radius 1 is 1.47 bits per heavy atom. The number of amides is 1. The molecule has 0 aromatic heterocycles. The van der Waals surface area contributed by atoms with Crippen LogP contribution in [0.2, 0.25) is 0 Å². The summed E-state index contributed by atoms with van der Waals surface area (Å²) in [6, 6.07) is 3.63. The van der Waals surface area contributed by atoms with E-state index < -0.39 is 5.82 Å². The van der Waals surface area contributed by atoms with Crippen molar-refractivity contribution in [3.63, 3.8) is 0 Å². The van der Waals surface area contributed by atoms with Crippen LogP contribution in [0.4, 0.5) is 4.39 Å². The lowest BCUT2D eigenvalue weighted by Gasteiger charge is -2.20. The number of hydrogen-bond acceptors (Lipinski definition) is 2. The molecule has 3 nitrogen and oxygen atoms in total. The molecule has 92 valence electrons. The fourth-order valence-electron chi connectivity index (χ4n) is 2.13. The van der Waals surface area contributed by atoms with Gasteiger partial charge in [-0.2, -0.15) is 0 Å². The second kappa shape index (κ2) is 4.02. The summed E-state index contributed by atoms with van der Waals surface area (Å²) in [7, 11) is 0. The molecule has 1 aliphatic heterocycles. The molecule has 17 heavy (non-hydrogen) atoms. The minimum absolute atomic E-state index is 0.0282. The van der Waals surface area contributed by atoms with Crippen LogP contribution in [0.25, 0.3) is 0 Å². The summed E-state index contributed by atoms with van der Waals surface area (Å²) in [6.07, 6.45) is 0.929. The van der Waals surface area contributed by atoms with E-state index in [9.17, 15) is 9.18 Å². The molecule has 1 aliphatic rings. The smallest absolute Gasteiger partial charge is 0.256 e. The van der Waals surface area contributed by atoms with Crippen LogP contribution < -0.4 is 0 Å². The van der Waals surface area contributed by atoms with Crippen molar-refractivity contribution in [3.05, 3.63) is 29.6 Å². The molecule has 2 rings (SSSR count). The molecule has 1 aromatic rings. The third kappa shape index (κ3) is 2.40. The number of carbonyl (C=O) groups is 1. The number of nitrogens with zero attached hydrogens (tertiary/aromatic N) is 1. The lowest BCUT2D eigenvalue weighted by molar-refractivity contribution is 0.0773. The predicted molar refractivity (Wildman–Crippen MR) is 62.4 cm³/mol. The van der Waals surface area contributed by atoms with E-state index in [1.54, 1.807) is 4.90 Å². The molecular weight excluding hydrogens is 221 g/mol. The monoisotopic (exact) mass is 237 g/mol. The average molecular weight is 237 g/mol. The van der Waals surface area contributed by atoms with Crippen molar-refractivity contribution in [3.8, 4) is 5.75 Å². The summed E-state index contributed by atoms with van der Waals surface area (Å²) in [5.74, 6) is -1.13. The molecule has 0 atom stereocenters. The molecule has 4 heteroatoms. The molecule has 1 heterocycles. The maximum atomic E-state index is 13.5. The number of aromatic hydroxyl groups is 1. The molecule has 0 radical (unpaired) electrons. The summed E-state index contributed by atoms with van der Waals surface area (Å²) >= 11 is 0. The summed E-state index contributed by atoms with van der Waals surface area (Å²) in [6.45, 7) is 5.49. The predicted octanol–water partition coefficient (Wildman–Crippen LogP) is 2.40. The summed E-state index contributed by atoms with van der Waals surface area (Å²) in [5.41, 5.74) is 0.128. The molecule has 0 bridgehead atoms. The zero-order valence-corrected chi connectivity index (χ0v) is 10.0. The van der Waals surface area contributed by atoms with Gasteiger partial charge in [0.2, 0.25) is 0 Å². The van der Waals surface area contributed by atoms with Crippen molar-refractivity contribution in [1.29, 1.82) is 0 Å².